The van der Waals surface area contributed by atoms with Gasteiger partial charge in [-0.1, -0.05) is 75.4 Å². The molecule has 0 aliphatic rings. The van der Waals surface area contributed by atoms with Crippen LogP contribution in [0.2, 0.25) is 0 Å². The van der Waals surface area contributed by atoms with E-state index in [0.29, 0.717) is 23.2 Å². The van der Waals surface area contributed by atoms with E-state index in [1.807, 2.05) is 36.4 Å². The van der Waals surface area contributed by atoms with Crippen molar-refractivity contribution in [2.24, 2.45) is 5.73 Å². The van der Waals surface area contributed by atoms with E-state index in [0.717, 1.165) is 42.9 Å². The van der Waals surface area contributed by atoms with E-state index in [9.17, 15) is 24.3 Å². The van der Waals surface area contributed by atoms with E-state index >= 15 is 0 Å². The predicted octanol–water partition coefficient (Wildman–Crippen LogP) is 6.88. The molecule has 2 atom stereocenters. The lowest BCUT2D eigenvalue weighted by atomic mass is 9.98. The summed E-state index contributed by atoms with van der Waals surface area (Å²) in [5, 5.41) is 17.9. The molecule has 0 radical (unpaired) electrons. The van der Waals surface area contributed by atoms with Crippen molar-refractivity contribution in [3.8, 4) is 5.75 Å². The van der Waals surface area contributed by atoms with Crippen LogP contribution in [0, 0.1) is 6.92 Å². The fourth-order valence-electron chi connectivity index (χ4n) is 5.42. The van der Waals surface area contributed by atoms with E-state index in [4.69, 9.17) is 10.5 Å². The number of unbranched alkanes of at least 4 members (excludes halogenated alkanes) is 5. The minimum absolute atomic E-state index is 0.0576. The molecule has 3 rings (SSSR count). The highest BCUT2D eigenvalue weighted by molar-refractivity contribution is 6.00. The van der Waals surface area contributed by atoms with Gasteiger partial charge in [0.05, 0.1) is 0 Å². The Morgan fingerprint density at radius 2 is 1.60 bits per heavy atom. The molecule has 0 bridgehead atoms. The number of rotatable bonds is 16. The summed E-state index contributed by atoms with van der Waals surface area (Å²) in [6.45, 7) is 9.19. The fourth-order valence-corrected chi connectivity index (χ4v) is 5.42. The quantitative estimate of drug-likeness (QED) is 0.125. The van der Waals surface area contributed by atoms with Crippen LogP contribution in [0.5, 0.6) is 5.75 Å². The maximum atomic E-state index is 14.5. The largest absolute Gasteiger partial charge is 0.508 e. The van der Waals surface area contributed by atoms with Gasteiger partial charge in [-0.05, 0) is 86.7 Å². The van der Waals surface area contributed by atoms with Gasteiger partial charge in [0.25, 0.3) is 5.91 Å². The maximum Gasteiger partial charge on any atom is 0.408 e. The molecule has 0 fully saturated rings. The normalized spacial score (nSPS) is 12.6. The number of primary amides is 1. The number of nitrogens with two attached hydrogens (primary N) is 1. The Morgan fingerprint density at radius 1 is 0.915 bits per heavy atom. The van der Waals surface area contributed by atoms with Gasteiger partial charge in [0, 0.05) is 18.7 Å². The van der Waals surface area contributed by atoms with Crippen molar-refractivity contribution >= 4 is 40.3 Å². The van der Waals surface area contributed by atoms with Gasteiger partial charge in [-0.3, -0.25) is 14.4 Å². The minimum atomic E-state index is -1.19. The Labute approximate surface area is 278 Å². The molecule has 0 aromatic heterocycles. The van der Waals surface area contributed by atoms with Crippen molar-refractivity contribution in [3.63, 3.8) is 0 Å². The maximum absolute atomic E-state index is 14.5. The first-order chi connectivity index (χ1) is 22.3. The van der Waals surface area contributed by atoms with E-state index in [-0.39, 0.29) is 25.1 Å². The third-order valence-electron chi connectivity index (χ3n) is 7.82. The summed E-state index contributed by atoms with van der Waals surface area (Å²) in [4.78, 5) is 55.0. The summed E-state index contributed by atoms with van der Waals surface area (Å²) in [6.07, 6.45) is 4.64. The van der Waals surface area contributed by atoms with Gasteiger partial charge in [-0.25, -0.2) is 4.79 Å². The number of nitrogens with one attached hydrogen (secondary N) is 2. The Morgan fingerprint density at radius 3 is 2.26 bits per heavy atom. The number of amides is 4. The third-order valence-corrected chi connectivity index (χ3v) is 7.82. The average Bonchev–Trinajstić information content (AvgIpc) is 3.00. The standard InChI is InChI=1S/C37H50N4O6/c1-6-7-8-9-10-13-22-41(35(45)30(19-21-32(38)43)40-36(46)47-37(3,4)5)33(28-17-20-31(42)25(2)23-28)34(44)39-29-18-16-26-14-11-12-15-27(26)24-29/h11-12,14-18,20,23-24,30,33,42H,6-10,13,19,21-22H2,1-5H3,(H2,38,43)(H,39,44)(H,40,46). The number of aromatic hydroxyl groups is 1. The molecule has 4 amide bonds. The predicted molar refractivity (Wildman–Crippen MR) is 185 cm³/mol. The second-order valence-electron chi connectivity index (χ2n) is 13.0. The Balaban J connectivity index is 2.05. The number of alkyl carbamates (subject to hydrolysis) is 1. The van der Waals surface area contributed by atoms with Crippen molar-refractivity contribution in [1.82, 2.24) is 10.2 Å². The first kappa shape index (κ1) is 36.9. The smallest absolute Gasteiger partial charge is 0.408 e. The van der Waals surface area contributed by atoms with Crippen LogP contribution in [0.15, 0.2) is 60.7 Å². The third kappa shape index (κ3) is 11.6. The van der Waals surface area contributed by atoms with E-state index in [1.54, 1.807) is 45.9 Å². The van der Waals surface area contributed by atoms with Gasteiger partial charge in [0.2, 0.25) is 11.8 Å². The summed E-state index contributed by atoms with van der Waals surface area (Å²) in [5.74, 6) is -1.58. The number of aryl methyl sites for hydroxylation is 1. The van der Waals surface area contributed by atoms with Crippen LogP contribution in [-0.4, -0.2) is 52.0 Å². The molecule has 3 aromatic carbocycles. The van der Waals surface area contributed by atoms with E-state index < -0.39 is 41.5 Å². The van der Waals surface area contributed by atoms with Crippen molar-refractivity contribution in [1.29, 1.82) is 0 Å². The molecule has 10 nitrogen and oxygen atoms in total. The molecule has 0 heterocycles. The SMILES string of the molecule is CCCCCCCCN(C(=O)C(CCC(N)=O)NC(=O)OC(C)(C)C)C(C(=O)Nc1ccc2ccccc2c1)c1ccc(O)c(C)c1. The van der Waals surface area contributed by atoms with Gasteiger partial charge < -0.3 is 31.1 Å². The minimum Gasteiger partial charge on any atom is -0.508 e. The highest BCUT2D eigenvalue weighted by Gasteiger charge is 2.36. The molecule has 0 aliphatic carbocycles. The molecule has 5 N–H and O–H groups in total. The molecule has 0 saturated carbocycles. The number of hydrogen-bond donors (Lipinski definition) is 4. The molecular weight excluding hydrogens is 596 g/mol. The lowest BCUT2D eigenvalue weighted by Gasteiger charge is -2.35. The Bertz CT molecular complexity index is 1530. The monoisotopic (exact) mass is 646 g/mol. The van der Waals surface area contributed by atoms with Gasteiger partial charge >= 0.3 is 6.09 Å². The molecule has 2 unspecified atom stereocenters. The number of carbonyl (C=O) groups excluding carboxylic acids is 4. The van der Waals surface area contributed by atoms with Gasteiger partial charge in [-0.15, -0.1) is 0 Å². The number of carbonyl (C=O) groups is 4. The average molecular weight is 647 g/mol. The van der Waals surface area contributed by atoms with Crippen LogP contribution in [0.3, 0.4) is 0 Å². The van der Waals surface area contributed by atoms with Crippen LogP contribution in [0.25, 0.3) is 10.8 Å². The lowest BCUT2D eigenvalue weighted by molar-refractivity contribution is -0.141. The Hall–Kier alpha value is -4.60. The van der Waals surface area contributed by atoms with Crippen molar-refractivity contribution in [3.05, 3.63) is 71.8 Å². The zero-order valence-corrected chi connectivity index (χ0v) is 28.3. The van der Waals surface area contributed by atoms with Crippen molar-refractivity contribution < 1.29 is 29.0 Å². The number of anilines is 1. The second-order valence-corrected chi connectivity index (χ2v) is 13.0. The molecule has 0 aliphatic heterocycles. The zero-order valence-electron chi connectivity index (χ0n) is 28.3. The molecule has 254 valence electrons. The number of ether oxygens (including phenoxy) is 1. The zero-order chi connectivity index (χ0) is 34.6. The van der Waals surface area contributed by atoms with Crippen LogP contribution in [0.1, 0.15) is 96.2 Å². The van der Waals surface area contributed by atoms with Gasteiger partial charge in [0.1, 0.15) is 23.4 Å². The molecule has 0 spiro atoms. The number of benzene rings is 3. The van der Waals surface area contributed by atoms with Crippen molar-refractivity contribution in [2.45, 2.75) is 104 Å². The summed E-state index contributed by atoms with van der Waals surface area (Å²) in [7, 11) is 0. The number of phenolic OH excluding ortho intramolecular Hbond substituents is 1. The number of hydrogen-bond acceptors (Lipinski definition) is 6. The molecule has 10 heteroatoms. The van der Waals surface area contributed by atoms with Crippen molar-refractivity contribution in [2.75, 3.05) is 11.9 Å². The number of nitrogens with zero attached hydrogens (tertiary/aromatic N) is 1. The van der Waals surface area contributed by atoms with Crippen LogP contribution < -0.4 is 16.4 Å². The lowest BCUT2D eigenvalue weighted by Crippen LogP contribution is -2.52. The fraction of sp³-hybridized carbons (Fsp3) is 0.459. The van der Waals surface area contributed by atoms with E-state index in [2.05, 4.69) is 17.6 Å². The highest BCUT2D eigenvalue weighted by Crippen LogP contribution is 2.30. The first-order valence-electron chi connectivity index (χ1n) is 16.5. The topological polar surface area (TPSA) is 151 Å². The summed E-state index contributed by atoms with van der Waals surface area (Å²) >= 11 is 0. The molecule has 47 heavy (non-hydrogen) atoms. The van der Waals surface area contributed by atoms with Crippen LogP contribution in [0.4, 0.5) is 10.5 Å². The number of phenols is 1. The van der Waals surface area contributed by atoms with E-state index in [1.165, 1.54) is 11.0 Å². The molecule has 3 aromatic rings. The highest BCUT2D eigenvalue weighted by atomic mass is 16.6. The molecule has 0 saturated heterocycles. The summed E-state index contributed by atoms with van der Waals surface area (Å²) in [5.41, 5.74) is 6.20. The van der Waals surface area contributed by atoms with Crippen LogP contribution >= 0.6 is 0 Å². The summed E-state index contributed by atoms with van der Waals surface area (Å²) < 4.78 is 5.43. The van der Waals surface area contributed by atoms with Gasteiger partial charge in [0.15, 0.2) is 0 Å². The molecular formula is C37H50N4O6. The second kappa shape index (κ2) is 17.4. The summed E-state index contributed by atoms with van der Waals surface area (Å²) in [6, 6.07) is 15.9. The Kier molecular flexibility index (Phi) is 13.6. The first-order valence-corrected chi connectivity index (χ1v) is 16.5. The van der Waals surface area contributed by atoms with Gasteiger partial charge in [-0.2, -0.15) is 0 Å². The van der Waals surface area contributed by atoms with Crippen LogP contribution in [-0.2, 0) is 19.1 Å². The number of fused-ring (bicyclic) bond motifs is 1.